The first-order chi connectivity index (χ1) is 9.47. The van der Waals surface area contributed by atoms with E-state index in [0.29, 0.717) is 12.5 Å². The van der Waals surface area contributed by atoms with Gasteiger partial charge in [-0.15, -0.1) is 0 Å². The molecule has 0 unspecified atom stereocenters. The fourth-order valence-corrected chi connectivity index (χ4v) is 2.96. The normalized spacial score (nSPS) is 17.2. The number of rotatable bonds is 4. The molecule has 0 aliphatic heterocycles. The van der Waals surface area contributed by atoms with Gasteiger partial charge in [-0.3, -0.25) is 0 Å². The van der Waals surface area contributed by atoms with Crippen molar-refractivity contribution in [1.82, 2.24) is 0 Å². The largest absolute Gasteiger partial charge is 0.418 e. The predicted octanol–water partition coefficient (Wildman–Crippen LogP) is 5.74. The van der Waals surface area contributed by atoms with Gasteiger partial charge in [0.1, 0.15) is 0 Å². The van der Waals surface area contributed by atoms with Crippen LogP contribution in [-0.4, -0.2) is 6.54 Å². The summed E-state index contributed by atoms with van der Waals surface area (Å²) in [6.07, 6.45) is 2.75. The summed E-state index contributed by atoms with van der Waals surface area (Å²) < 4.78 is 38.7. The van der Waals surface area contributed by atoms with E-state index in [-0.39, 0.29) is 10.7 Å². The average molecular weight is 306 g/mol. The summed E-state index contributed by atoms with van der Waals surface area (Å²) >= 11 is 5.65. The number of benzene rings is 1. The van der Waals surface area contributed by atoms with Gasteiger partial charge in [-0.25, -0.2) is 0 Å². The molecule has 2 rings (SSSR count). The molecular formula is C15H19ClF3N. The lowest BCUT2D eigenvalue weighted by Gasteiger charge is -2.22. The highest BCUT2D eigenvalue weighted by molar-refractivity contribution is 6.30. The second kappa shape index (κ2) is 6.70. The van der Waals surface area contributed by atoms with Gasteiger partial charge in [-0.05, 0) is 30.5 Å². The van der Waals surface area contributed by atoms with E-state index in [2.05, 4.69) is 5.32 Å². The lowest BCUT2D eigenvalue weighted by Crippen LogP contribution is -2.15. The van der Waals surface area contributed by atoms with Crippen molar-refractivity contribution in [2.24, 2.45) is 5.92 Å². The first-order valence-corrected chi connectivity index (χ1v) is 7.45. The molecule has 1 fully saturated rings. The lowest BCUT2D eigenvalue weighted by atomic mass is 9.87. The van der Waals surface area contributed by atoms with E-state index in [1.54, 1.807) is 0 Å². The van der Waals surface area contributed by atoms with Crippen LogP contribution in [0.2, 0.25) is 5.02 Å². The summed E-state index contributed by atoms with van der Waals surface area (Å²) in [6, 6.07) is 3.87. The third-order valence-corrected chi connectivity index (χ3v) is 4.11. The van der Waals surface area contributed by atoms with Gasteiger partial charge in [-0.2, -0.15) is 13.2 Å². The van der Waals surface area contributed by atoms with Crippen molar-refractivity contribution in [3.05, 3.63) is 28.8 Å². The first kappa shape index (κ1) is 15.5. The van der Waals surface area contributed by atoms with E-state index in [1.807, 2.05) is 0 Å². The van der Waals surface area contributed by atoms with Gasteiger partial charge in [0.05, 0.1) is 5.56 Å². The van der Waals surface area contributed by atoms with Crippen LogP contribution in [0.3, 0.4) is 0 Å². The number of anilines is 1. The molecule has 0 radical (unpaired) electrons. The maximum absolute atomic E-state index is 12.9. The van der Waals surface area contributed by atoms with E-state index in [9.17, 15) is 13.2 Å². The lowest BCUT2D eigenvalue weighted by molar-refractivity contribution is -0.136. The zero-order chi connectivity index (χ0) is 14.6. The van der Waals surface area contributed by atoms with Gasteiger partial charge in [0.25, 0.3) is 0 Å². The molecule has 1 saturated carbocycles. The van der Waals surface area contributed by atoms with Crippen LogP contribution < -0.4 is 5.32 Å². The highest BCUT2D eigenvalue weighted by Crippen LogP contribution is 2.36. The number of alkyl halides is 3. The molecule has 0 aromatic heterocycles. The van der Waals surface area contributed by atoms with Crippen molar-refractivity contribution in [1.29, 1.82) is 0 Å². The number of nitrogens with one attached hydrogen (secondary N) is 1. The third-order valence-electron chi connectivity index (χ3n) is 3.88. The van der Waals surface area contributed by atoms with Gasteiger partial charge in [0.15, 0.2) is 0 Å². The molecule has 5 heteroatoms. The third kappa shape index (κ3) is 4.30. The number of hydrogen-bond acceptors (Lipinski definition) is 1. The molecule has 0 heterocycles. The molecule has 0 saturated heterocycles. The molecule has 1 aliphatic rings. The summed E-state index contributed by atoms with van der Waals surface area (Å²) in [6.45, 7) is 0.579. The Kier molecular flexibility index (Phi) is 5.19. The fraction of sp³-hybridized carbons (Fsp3) is 0.600. The Bertz CT molecular complexity index is 439. The van der Waals surface area contributed by atoms with E-state index in [4.69, 9.17) is 11.6 Å². The van der Waals surface area contributed by atoms with Crippen molar-refractivity contribution in [3.8, 4) is 0 Å². The molecule has 20 heavy (non-hydrogen) atoms. The molecule has 1 N–H and O–H groups in total. The van der Waals surface area contributed by atoms with Crippen LogP contribution in [-0.2, 0) is 6.18 Å². The minimum absolute atomic E-state index is 0.107. The highest BCUT2D eigenvalue weighted by atomic mass is 35.5. The summed E-state index contributed by atoms with van der Waals surface area (Å²) in [4.78, 5) is 0. The zero-order valence-electron chi connectivity index (χ0n) is 11.3. The van der Waals surface area contributed by atoms with E-state index < -0.39 is 11.7 Å². The standard InChI is InChI=1S/C15H19ClF3N/c16-12-6-7-14(13(10-12)15(17,18)19)20-9-8-11-4-2-1-3-5-11/h6-7,10-11,20H,1-5,8-9H2. The molecule has 1 nitrogen and oxygen atoms in total. The molecule has 1 aromatic rings. The first-order valence-electron chi connectivity index (χ1n) is 7.07. The van der Waals surface area contributed by atoms with Gasteiger partial charge in [0, 0.05) is 17.3 Å². The van der Waals surface area contributed by atoms with Crippen LogP contribution in [0.25, 0.3) is 0 Å². The molecule has 1 aromatic carbocycles. The molecule has 0 atom stereocenters. The Morgan fingerprint density at radius 1 is 1.15 bits per heavy atom. The van der Waals surface area contributed by atoms with Crippen molar-refractivity contribution in [2.45, 2.75) is 44.7 Å². The SMILES string of the molecule is FC(F)(F)c1cc(Cl)ccc1NCCC1CCCCC1. The van der Waals surface area contributed by atoms with Crippen LogP contribution >= 0.6 is 11.6 Å². The summed E-state index contributed by atoms with van der Waals surface area (Å²) in [5.41, 5.74) is -0.564. The molecule has 0 amide bonds. The Hall–Kier alpha value is -0.900. The Morgan fingerprint density at radius 3 is 2.50 bits per heavy atom. The second-order valence-electron chi connectivity index (χ2n) is 5.41. The average Bonchev–Trinajstić information content (AvgIpc) is 2.40. The molecule has 0 spiro atoms. The van der Waals surface area contributed by atoms with Crippen molar-refractivity contribution >= 4 is 17.3 Å². The van der Waals surface area contributed by atoms with Crippen molar-refractivity contribution in [3.63, 3.8) is 0 Å². The van der Waals surface area contributed by atoms with E-state index >= 15 is 0 Å². The van der Waals surface area contributed by atoms with Gasteiger partial charge in [-0.1, -0.05) is 43.7 Å². The van der Waals surface area contributed by atoms with E-state index in [0.717, 1.165) is 12.5 Å². The topological polar surface area (TPSA) is 12.0 Å². The quantitative estimate of drug-likeness (QED) is 0.747. The van der Waals surface area contributed by atoms with Gasteiger partial charge in [0.2, 0.25) is 0 Å². The van der Waals surface area contributed by atoms with Crippen molar-refractivity contribution < 1.29 is 13.2 Å². The van der Waals surface area contributed by atoms with Crippen LogP contribution in [0, 0.1) is 5.92 Å². The highest BCUT2D eigenvalue weighted by Gasteiger charge is 2.33. The Balaban J connectivity index is 1.95. The van der Waals surface area contributed by atoms with Gasteiger partial charge < -0.3 is 5.32 Å². The van der Waals surface area contributed by atoms with Gasteiger partial charge >= 0.3 is 6.18 Å². The van der Waals surface area contributed by atoms with Crippen molar-refractivity contribution in [2.75, 3.05) is 11.9 Å². The monoisotopic (exact) mass is 305 g/mol. The number of halogens is 4. The zero-order valence-corrected chi connectivity index (χ0v) is 12.0. The van der Waals surface area contributed by atoms with Crippen LogP contribution in [0.1, 0.15) is 44.1 Å². The summed E-state index contributed by atoms with van der Waals surface area (Å²) in [5.74, 6) is 0.651. The fourth-order valence-electron chi connectivity index (χ4n) is 2.79. The minimum Gasteiger partial charge on any atom is -0.385 e. The maximum Gasteiger partial charge on any atom is 0.418 e. The molecule has 1 aliphatic carbocycles. The Morgan fingerprint density at radius 2 is 1.85 bits per heavy atom. The summed E-state index contributed by atoms with van der Waals surface area (Å²) in [7, 11) is 0. The second-order valence-corrected chi connectivity index (χ2v) is 5.84. The molecular weight excluding hydrogens is 287 g/mol. The van der Waals surface area contributed by atoms with Crippen LogP contribution in [0.4, 0.5) is 18.9 Å². The summed E-state index contributed by atoms with van der Waals surface area (Å²) in [5, 5.41) is 3.02. The maximum atomic E-state index is 12.9. The van der Waals surface area contributed by atoms with E-state index in [1.165, 1.54) is 44.2 Å². The minimum atomic E-state index is -4.38. The Labute approximate surface area is 122 Å². The van der Waals surface area contributed by atoms with Crippen LogP contribution in [0.15, 0.2) is 18.2 Å². The number of hydrogen-bond donors (Lipinski definition) is 1. The smallest absolute Gasteiger partial charge is 0.385 e. The molecule has 0 bridgehead atoms. The predicted molar refractivity (Wildman–Crippen MR) is 76.1 cm³/mol. The molecule has 112 valence electrons. The van der Waals surface area contributed by atoms with Crippen LogP contribution in [0.5, 0.6) is 0 Å².